The first-order chi connectivity index (χ1) is 14.6. The lowest BCUT2D eigenvalue weighted by molar-refractivity contribution is -0.133. The van der Waals surface area contributed by atoms with E-state index in [9.17, 15) is 9.59 Å². The molecule has 0 bridgehead atoms. The molecule has 1 amide bonds. The lowest BCUT2D eigenvalue weighted by atomic mass is 10.1. The second-order valence-corrected chi connectivity index (χ2v) is 6.84. The average Bonchev–Trinajstić information content (AvgIpc) is 3.28. The third kappa shape index (κ3) is 4.43. The van der Waals surface area contributed by atoms with Crippen LogP contribution in [0.15, 0.2) is 54.6 Å². The maximum absolute atomic E-state index is 12.4. The predicted octanol–water partition coefficient (Wildman–Crippen LogP) is 2.66. The van der Waals surface area contributed by atoms with Gasteiger partial charge in [-0.05, 0) is 23.8 Å². The van der Waals surface area contributed by atoms with Crippen LogP contribution in [0.2, 0.25) is 0 Å². The van der Waals surface area contributed by atoms with Crippen LogP contribution in [0.3, 0.4) is 0 Å². The van der Waals surface area contributed by atoms with E-state index in [2.05, 4.69) is 10.2 Å². The van der Waals surface area contributed by atoms with Gasteiger partial charge in [0, 0.05) is 19.2 Å². The lowest BCUT2D eigenvalue weighted by Gasteiger charge is -2.21. The van der Waals surface area contributed by atoms with Gasteiger partial charge in [-0.25, -0.2) is 4.79 Å². The van der Waals surface area contributed by atoms with E-state index in [4.69, 9.17) is 14.2 Å². The number of rotatable bonds is 6. The van der Waals surface area contributed by atoms with Gasteiger partial charge in [-0.1, -0.05) is 36.4 Å². The SMILES string of the molecule is CN(Cc1ccc2c(c1)OCCO2)C(=O)COC(=O)c1cc(-c2ccccc2)n[nH]1. The summed E-state index contributed by atoms with van der Waals surface area (Å²) >= 11 is 0. The number of H-pyrrole nitrogens is 1. The molecule has 0 atom stereocenters. The van der Waals surface area contributed by atoms with Crippen molar-refractivity contribution in [3.8, 4) is 22.8 Å². The number of amides is 1. The van der Waals surface area contributed by atoms with Crippen LogP contribution in [0.25, 0.3) is 11.3 Å². The first-order valence-electron chi connectivity index (χ1n) is 9.50. The minimum atomic E-state index is -0.634. The molecule has 0 unspecified atom stereocenters. The molecule has 0 fully saturated rings. The Morgan fingerprint density at radius 3 is 2.63 bits per heavy atom. The first-order valence-corrected chi connectivity index (χ1v) is 9.50. The van der Waals surface area contributed by atoms with Crippen molar-refractivity contribution in [2.24, 2.45) is 0 Å². The topological polar surface area (TPSA) is 93.8 Å². The molecule has 0 spiro atoms. The second-order valence-electron chi connectivity index (χ2n) is 6.84. The van der Waals surface area contributed by atoms with Crippen molar-refractivity contribution in [3.05, 3.63) is 65.9 Å². The first kappa shape index (κ1) is 19.5. The van der Waals surface area contributed by atoms with Gasteiger partial charge in [0.25, 0.3) is 5.91 Å². The van der Waals surface area contributed by atoms with Gasteiger partial charge in [0.15, 0.2) is 18.1 Å². The summed E-state index contributed by atoms with van der Waals surface area (Å²) in [7, 11) is 1.65. The van der Waals surface area contributed by atoms with Gasteiger partial charge >= 0.3 is 5.97 Å². The average molecular weight is 407 g/mol. The second kappa shape index (κ2) is 8.69. The number of nitrogens with one attached hydrogen (secondary N) is 1. The zero-order chi connectivity index (χ0) is 20.9. The van der Waals surface area contributed by atoms with Crippen LogP contribution in [0.4, 0.5) is 0 Å². The highest BCUT2D eigenvalue weighted by atomic mass is 16.6. The van der Waals surface area contributed by atoms with Gasteiger partial charge in [-0.3, -0.25) is 9.89 Å². The smallest absolute Gasteiger partial charge is 0.356 e. The zero-order valence-corrected chi connectivity index (χ0v) is 16.5. The number of aromatic nitrogens is 2. The van der Waals surface area contributed by atoms with Crippen LogP contribution in [0.1, 0.15) is 16.1 Å². The fourth-order valence-electron chi connectivity index (χ4n) is 3.05. The molecule has 154 valence electrons. The normalized spacial score (nSPS) is 12.3. The number of hydrogen-bond acceptors (Lipinski definition) is 6. The maximum atomic E-state index is 12.4. The molecular formula is C22H21N3O5. The summed E-state index contributed by atoms with van der Waals surface area (Å²) < 4.78 is 16.2. The standard InChI is InChI=1S/C22H21N3O5/c1-25(13-15-7-8-19-20(11-15)29-10-9-28-19)21(26)14-30-22(27)18-12-17(23-24-18)16-5-3-2-4-6-16/h2-8,11-12H,9-10,13-14H2,1H3,(H,23,24). The van der Waals surface area contributed by atoms with E-state index >= 15 is 0 Å². The summed E-state index contributed by atoms with van der Waals surface area (Å²) in [6, 6.07) is 16.6. The predicted molar refractivity (Wildman–Crippen MR) is 108 cm³/mol. The molecule has 0 radical (unpaired) electrons. The number of carbonyl (C=O) groups is 2. The Balaban J connectivity index is 1.31. The fourth-order valence-corrected chi connectivity index (χ4v) is 3.05. The van der Waals surface area contributed by atoms with Crippen molar-refractivity contribution in [1.29, 1.82) is 0 Å². The molecule has 1 aliphatic rings. The highest BCUT2D eigenvalue weighted by Gasteiger charge is 2.17. The number of carbonyl (C=O) groups excluding carboxylic acids is 2. The van der Waals surface area contributed by atoms with Gasteiger partial charge in [0.1, 0.15) is 18.9 Å². The molecule has 1 aromatic heterocycles. The van der Waals surface area contributed by atoms with E-state index in [1.54, 1.807) is 13.1 Å². The Labute approximate surface area is 173 Å². The quantitative estimate of drug-likeness (QED) is 0.632. The van der Waals surface area contributed by atoms with Gasteiger partial charge in [0.05, 0.1) is 5.69 Å². The van der Waals surface area contributed by atoms with Crippen molar-refractivity contribution >= 4 is 11.9 Å². The summed E-state index contributed by atoms with van der Waals surface area (Å²) in [5.74, 6) is 0.411. The molecule has 0 aliphatic carbocycles. The summed E-state index contributed by atoms with van der Waals surface area (Å²) in [4.78, 5) is 26.1. The van der Waals surface area contributed by atoms with Gasteiger partial charge < -0.3 is 19.1 Å². The van der Waals surface area contributed by atoms with Crippen LogP contribution < -0.4 is 9.47 Å². The monoisotopic (exact) mass is 407 g/mol. The number of aromatic amines is 1. The van der Waals surface area contributed by atoms with Gasteiger partial charge in [-0.15, -0.1) is 0 Å². The number of likely N-dealkylation sites (N-methyl/N-ethyl adjacent to an activating group) is 1. The minimum Gasteiger partial charge on any atom is -0.486 e. The molecule has 8 nitrogen and oxygen atoms in total. The molecule has 2 heterocycles. The summed E-state index contributed by atoms with van der Waals surface area (Å²) in [6.45, 7) is 1.02. The fraction of sp³-hybridized carbons (Fsp3) is 0.227. The third-order valence-electron chi connectivity index (χ3n) is 4.65. The third-order valence-corrected chi connectivity index (χ3v) is 4.65. The molecule has 1 aliphatic heterocycles. The summed E-state index contributed by atoms with van der Waals surface area (Å²) in [5, 5.41) is 6.77. The van der Waals surface area contributed by atoms with Crippen LogP contribution in [0, 0.1) is 0 Å². The largest absolute Gasteiger partial charge is 0.486 e. The summed E-state index contributed by atoms with van der Waals surface area (Å²) in [6.07, 6.45) is 0. The van der Waals surface area contributed by atoms with E-state index < -0.39 is 5.97 Å². The summed E-state index contributed by atoms with van der Waals surface area (Å²) in [5.41, 5.74) is 2.59. The Kier molecular flexibility index (Phi) is 5.65. The van der Waals surface area contributed by atoms with Crippen molar-refractivity contribution in [2.75, 3.05) is 26.9 Å². The van der Waals surface area contributed by atoms with E-state index in [-0.39, 0.29) is 18.2 Å². The molecule has 3 aromatic rings. The van der Waals surface area contributed by atoms with Crippen molar-refractivity contribution < 1.29 is 23.8 Å². The Bertz CT molecular complexity index is 1050. The molecule has 2 aromatic carbocycles. The molecule has 0 saturated heterocycles. The Hall–Kier alpha value is -3.81. The van der Waals surface area contributed by atoms with Crippen molar-refractivity contribution in [2.45, 2.75) is 6.54 Å². The molecule has 30 heavy (non-hydrogen) atoms. The van der Waals surface area contributed by atoms with Gasteiger partial charge in [0.2, 0.25) is 0 Å². The van der Waals surface area contributed by atoms with Crippen LogP contribution in [-0.2, 0) is 16.1 Å². The molecule has 1 N–H and O–H groups in total. The van der Waals surface area contributed by atoms with E-state index in [0.29, 0.717) is 37.0 Å². The van der Waals surface area contributed by atoms with Crippen molar-refractivity contribution in [3.63, 3.8) is 0 Å². The molecule has 4 rings (SSSR count). The number of esters is 1. The van der Waals surface area contributed by atoms with Crippen LogP contribution in [0.5, 0.6) is 11.5 Å². The van der Waals surface area contributed by atoms with Crippen LogP contribution in [-0.4, -0.2) is 53.8 Å². The number of fused-ring (bicyclic) bond motifs is 1. The molecule has 8 heteroatoms. The van der Waals surface area contributed by atoms with Crippen LogP contribution >= 0.6 is 0 Å². The lowest BCUT2D eigenvalue weighted by Crippen LogP contribution is -2.31. The Morgan fingerprint density at radius 2 is 1.83 bits per heavy atom. The zero-order valence-electron chi connectivity index (χ0n) is 16.5. The number of nitrogens with zero attached hydrogens (tertiary/aromatic N) is 2. The number of hydrogen-bond donors (Lipinski definition) is 1. The Morgan fingerprint density at radius 1 is 1.07 bits per heavy atom. The van der Waals surface area contributed by atoms with Gasteiger partial charge in [-0.2, -0.15) is 5.10 Å². The minimum absolute atomic E-state index is 0.191. The number of benzene rings is 2. The molecule has 0 saturated carbocycles. The van der Waals surface area contributed by atoms with E-state index in [1.165, 1.54) is 4.90 Å². The van der Waals surface area contributed by atoms with Crippen molar-refractivity contribution in [1.82, 2.24) is 15.1 Å². The van der Waals surface area contributed by atoms with E-state index in [0.717, 1.165) is 11.1 Å². The molecular weight excluding hydrogens is 386 g/mol. The number of ether oxygens (including phenoxy) is 3. The van der Waals surface area contributed by atoms with E-state index in [1.807, 2.05) is 48.5 Å². The highest BCUT2D eigenvalue weighted by Crippen LogP contribution is 2.31. The maximum Gasteiger partial charge on any atom is 0.356 e. The highest BCUT2D eigenvalue weighted by molar-refractivity contribution is 5.90.